The Morgan fingerprint density at radius 1 is 1.12 bits per heavy atom. The molecule has 0 atom stereocenters. The van der Waals surface area contributed by atoms with E-state index in [1.807, 2.05) is 5.48 Å². The Kier molecular flexibility index (Phi) is 6.94. The number of phenols is 1. The van der Waals surface area contributed by atoms with Gasteiger partial charge in [0.15, 0.2) is 0 Å². The van der Waals surface area contributed by atoms with Gasteiger partial charge >= 0.3 is 0 Å². The zero-order chi connectivity index (χ0) is 18.1. The van der Waals surface area contributed by atoms with Crippen LogP contribution in [0.2, 0.25) is 0 Å². The summed E-state index contributed by atoms with van der Waals surface area (Å²) in [4.78, 5) is 11.9. The Labute approximate surface area is 150 Å². The highest BCUT2D eigenvalue weighted by molar-refractivity contribution is 7.80. The fourth-order valence-corrected chi connectivity index (χ4v) is 2.06. The molecule has 1 amide bonds. The van der Waals surface area contributed by atoms with E-state index in [0.717, 1.165) is 5.56 Å². The number of carbonyl (C=O) groups is 1. The quantitative estimate of drug-likeness (QED) is 0.263. The molecule has 4 N–H and O–H groups in total. The maximum absolute atomic E-state index is 11.7. The van der Waals surface area contributed by atoms with Gasteiger partial charge in [-0.3, -0.25) is 15.5 Å². The van der Waals surface area contributed by atoms with Crippen LogP contribution in [0.15, 0.2) is 54.6 Å². The minimum atomic E-state index is -0.230. The van der Waals surface area contributed by atoms with Crippen LogP contribution in [-0.2, 0) is 4.79 Å². The van der Waals surface area contributed by atoms with E-state index in [1.165, 1.54) is 6.08 Å². The molecular formula is C18H18N2O4S. The number of ether oxygens (including phenoxy) is 1. The third-order valence-electron chi connectivity index (χ3n) is 3.21. The number of hydrogen-bond donors (Lipinski definition) is 4. The molecule has 0 aliphatic carbocycles. The number of hydroxylamine groups is 1. The maximum atomic E-state index is 11.7. The molecule has 0 saturated heterocycles. The van der Waals surface area contributed by atoms with E-state index in [9.17, 15) is 9.90 Å². The molecule has 130 valence electrons. The van der Waals surface area contributed by atoms with Crippen LogP contribution in [0.5, 0.6) is 11.5 Å². The SMILES string of the molecule is O=C(/C=C/c1ccc(O)cc1)NCCOc1ccc(C(=S)NO)cc1. The standard InChI is InChI=1S/C18H18N2O4S/c21-15-6-1-13(2-7-15)3-10-17(22)19-11-12-24-16-8-4-14(5-9-16)18(25)20-23/h1-10,21,23H,11-12H2,(H,19,22)(H,20,25)/b10-3+. The van der Waals surface area contributed by atoms with Crippen molar-refractivity contribution in [1.82, 2.24) is 10.8 Å². The van der Waals surface area contributed by atoms with Crippen LogP contribution in [0.1, 0.15) is 11.1 Å². The Bertz CT molecular complexity index is 743. The molecule has 0 unspecified atom stereocenters. The number of hydrogen-bond acceptors (Lipinski definition) is 5. The first-order chi connectivity index (χ1) is 12.1. The van der Waals surface area contributed by atoms with Crippen molar-refractivity contribution in [3.8, 4) is 11.5 Å². The van der Waals surface area contributed by atoms with Crippen LogP contribution in [0.3, 0.4) is 0 Å². The minimum absolute atomic E-state index is 0.182. The van der Waals surface area contributed by atoms with Crippen molar-refractivity contribution in [1.29, 1.82) is 0 Å². The van der Waals surface area contributed by atoms with Crippen LogP contribution in [0.4, 0.5) is 0 Å². The second-order valence-corrected chi connectivity index (χ2v) is 5.44. The van der Waals surface area contributed by atoms with Crippen LogP contribution in [0.25, 0.3) is 6.08 Å². The molecule has 0 heterocycles. The number of nitrogens with one attached hydrogen (secondary N) is 2. The average molecular weight is 358 g/mol. The van der Waals surface area contributed by atoms with Crippen molar-refractivity contribution in [3.63, 3.8) is 0 Å². The van der Waals surface area contributed by atoms with Gasteiger partial charge < -0.3 is 15.2 Å². The summed E-state index contributed by atoms with van der Waals surface area (Å²) in [6.07, 6.45) is 3.08. The topological polar surface area (TPSA) is 90.8 Å². The first-order valence-corrected chi connectivity index (χ1v) is 7.91. The molecule has 2 aromatic rings. The van der Waals surface area contributed by atoms with Crippen molar-refractivity contribution >= 4 is 29.2 Å². The predicted octanol–water partition coefficient (Wildman–Crippen LogP) is 2.25. The van der Waals surface area contributed by atoms with E-state index in [4.69, 9.17) is 22.2 Å². The summed E-state index contributed by atoms with van der Waals surface area (Å²) < 4.78 is 5.51. The molecule has 7 heteroatoms. The van der Waals surface area contributed by atoms with Gasteiger partial charge in [0, 0.05) is 11.6 Å². The molecule has 6 nitrogen and oxygen atoms in total. The van der Waals surface area contributed by atoms with Gasteiger partial charge in [0.1, 0.15) is 23.1 Å². The number of carbonyl (C=O) groups excluding carboxylic acids is 1. The second kappa shape index (κ2) is 9.41. The number of rotatable bonds is 7. The molecule has 0 aliphatic rings. The molecule has 0 fully saturated rings. The highest BCUT2D eigenvalue weighted by Crippen LogP contribution is 2.12. The van der Waals surface area contributed by atoms with E-state index in [-0.39, 0.29) is 16.6 Å². The third-order valence-corrected chi connectivity index (χ3v) is 3.54. The lowest BCUT2D eigenvalue weighted by Gasteiger charge is -2.08. The van der Waals surface area contributed by atoms with Crippen LogP contribution in [0, 0.1) is 0 Å². The van der Waals surface area contributed by atoms with Gasteiger partial charge in [0.05, 0.1) is 6.54 Å². The Morgan fingerprint density at radius 3 is 2.44 bits per heavy atom. The van der Waals surface area contributed by atoms with Crippen molar-refractivity contribution in [2.45, 2.75) is 0 Å². The summed E-state index contributed by atoms with van der Waals surface area (Å²) in [6, 6.07) is 13.4. The summed E-state index contributed by atoms with van der Waals surface area (Å²) >= 11 is 4.90. The summed E-state index contributed by atoms with van der Waals surface area (Å²) in [5.41, 5.74) is 3.41. The lowest BCUT2D eigenvalue weighted by atomic mass is 10.2. The van der Waals surface area contributed by atoms with E-state index < -0.39 is 0 Å². The molecule has 2 aromatic carbocycles. The largest absolute Gasteiger partial charge is 0.508 e. The zero-order valence-electron chi connectivity index (χ0n) is 13.3. The van der Waals surface area contributed by atoms with Gasteiger partial charge in [-0.25, -0.2) is 0 Å². The van der Waals surface area contributed by atoms with Crippen LogP contribution >= 0.6 is 12.2 Å². The molecule has 0 saturated carbocycles. The van der Waals surface area contributed by atoms with Crippen molar-refractivity contribution in [3.05, 3.63) is 65.7 Å². The zero-order valence-corrected chi connectivity index (χ0v) is 14.1. The molecule has 0 bridgehead atoms. The molecule has 0 aliphatic heterocycles. The molecule has 0 radical (unpaired) electrons. The first-order valence-electron chi connectivity index (χ1n) is 7.51. The molecule has 0 spiro atoms. The van der Waals surface area contributed by atoms with Crippen LogP contribution < -0.4 is 15.5 Å². The number of benzene rings is 2. The summed E-state index contributed by atoms with van der Waals surface area (Å²) in [6.45, 7) is 0.679. The summed E-state index contributed by atoms with van der Waals surface area (Å²) in [5, 5.41) is 20.6. The molecule has 2 rings (SSSR count). The highest BCUT2D eigenvalue weighted by Gasteiger charge is 2.00. The smallest absolute Gasteiger partial charge is 0.244 e. The molecule has 25 heavy (non-hydrogen) atoms. The number of amides is 1. The summed E-state index contributed by atoms with van der Waals surface area (Å²) in [7, 11) is 0. The molecular weight excluding hydrogens is 340 g/mol. The first kappa shape index (κ1) is 18.4. The van der Waals surface area contributed by atoms with E-state index in [1.54, 1.807) is 54.6 Å². The van der Waals surface area contributed by atoms with Gasteiger partial charge in [-0.15, -0.1) is 0 Å². The van der Waals surface area contributed by atoms with Gasteiger partial charge in [-0.05, 0) is 48.0 Å². The van der Waals surface area contributed by atoms with E-state index >= 15 is 0 Å². The highest BCUT2D eigenvalue weighted by atomic mass is 32.1. The average Bonchev–Trinajstić information content (AvgIpc) is 2.64. The van der Waals surface area contributed by atoms with E-state index in [2.05, 4.69) is 5.32 Å². The van der Waals surface area contributed by atoms with Gasteiger partial charge in [0.2, 0.25) is 5.91 Å². The number of phenolic OH excluding ortho intramolecular Hbond substituents is 1. The summed E-state index contributed by atoms with van der Waals surface area (Å²) in [5.74, 6) is 0.589. The Morgan fingerprint density at radius 2 is 1.80 bits per heavy atom. The minimum Gasteiger partial charge on any atom is -0.508 e. The monoisotopic (exact) mass is 358 g/mol. The Balaban J connectivity index is 1.70. The van der Waals surface area contributed by atoms with Crippen molar-refractivity contribution in [2.75, 3.05) is 13.2 Å². The number of thiocarbonyl (C=S) groups is 1. The van der Waals surface area contributed by atoms with Gasteiger partial charge in [-0.1, -0.05) is 24.4 Å². The van der Waals surface area contributed by atoms with Crippen LogP contribution in [-0.4, -0.2) is 34.4 Å². The lowest BCUT2D eigenvalue weighted by molar-refractivity contribution is -0.116. The van der Waals surface area contributed by atoms with Gasteiger partial charge in [-0.2, -0.15) is 0 Å². The normalized spacial score (nSPS) is 10.4. The third kappa shape index (κ3) is 6.25. The maximum Gasteiger partial charge on any atom is 0.244 e. The fraction of sp³-hybridized carbons (Fsp3) is 0.111. The van der Waals surface area contributed by atoms with E-state index in [0.29, 0.717) is 24.5 Å². The lowest BCUT2D eigenvalue weighted by Crippen LogP contribution is -2.26. The van der Waals surface area contributed by atoms with Crippen molar-refractivity contribution < 1.29 is 19.8 Å². The van der Waals surface area contributed by atoms with Crippen molar-refractivity contribution in [2.24, 2.45) is 0 Å². The number of aromatic hydroxyl groups is 1. The molecule has 0 aromatic heterocycles. The Hall–Kier alpha value is -2.90. The second-order valence-electron chi connectivity index (χ2n) is 5.03. The predicted molar refractivity (Wildman–Crippen MR) is 98.7 cm³/mol. The fourth-order valence-electron chi connectivity index (χ4n) is 1.93. The van der Waals surface area contributed by atoms with Gasteiger partial charge in [0.25, 0.3) is 0 Å².